The largest absolute Gasteiger partial charge is 0.340 e. The van der Waals surface area contributed by atoms with Gasteiger partial charge < -0.3 is 10.2 Å². The minimum Gasteiger partial charge on any atom is -0.340 e. The zero-order valence-electron chi connectivity index (χ0n) is 10.6. The Hall–Kier alpha value is -1.20. The molecule has 0 atom stereocenters. The van der Waals surface area contributed by atoms with Crippen LogP contribution in [0, 0.1) is 18.6 Å². The summed E-state index contributed by atoms with van der Waals surface area (Å²) in [4.78, 5) is 13.3. The first kappa shape index (κ1) is 16.8. The highest BCUT2D eigenvalue weighted by Gasteiger charge is 2.17. The van der Waals surface area contributed by atoms with Crippen molar-refractivity contribution in [1.82, 2.24) is 10.2 Å². The molecule has 0 aliphatic rings. The summed E-state index contributed by atoms with van der Waals surface area (Å²) in [7, 11) is 3.35. The third kappa shape index (κ3) is 3.92. The number of carbonyl (C=O) groups excluding carboxylic acids is 1. The molecule has 1 amide bonds. The number of nitrogens with one attached hydrogen (secondary N) is 1. The van der Waals surface area contributed by atoms with Crippen LogP contribution >= 0.6 is 12.4 Å². The average Bonchev–Trinajstić information content (AvgIpc) is 2.29. The molecule has 0 saturated heterocycles. The van der Waals surface area contributed by atoms with E-state index < -0.39 is 17.5 Å². The predicted molar refractivity (Wildman–Crippen MR) is 69.2 cm³/mol. The molecule has 0 saturated carbocycles. The van der Waals surface area contributed by atoms with Gasteiger partial charge in [0.1, 0.15) is 11.6 Å². The van der Waals surface area contributed by atoms with Crippen LogP contribution in [0.1, 0.15) is 15.9 Å². The molecule has 0 aliphatic heterocycles. The van der Waals surface area contributed by atoms with E-state index in [1.54, 1.807) is 14.1 Å². The summed E-state index contributed by atoms with van der Waals surface area (Å²) in [6, 6.07) is 1.98. The molecular weight excluding hydrogens is 262 g/mol. The van der Waals surface area contributed by atoms with Gasteiger partial charge in [0.05, 0.1) is 5.56 Å². The Kier molecular flexibility index (Phi) is 6.80. The number of halogens is 3. The second kappa shape index (κ2) is 7.28. The van der Waals surface area contributed by atoms with Crippen LogP contribution in [0.15, 0.2) is 12.1 Å². The van der Waals surface area contributed by atoms with Gasteiger partial charge in [-0.25, -0.2) is 8.78 Å². The molecule has 1 aromatic rings. The summed E-state index contributed by atoms with van der Waals surface area (Å²) in [5.74, 6) is -1.91. The lowest BCUT2D eigenvalue weighted by atomic mass is 10.1. The monoisotopic (exact) mass is 278 g/mol. The summed E-state index contributed by atoms with van der Waals surface area (Å²) in [5, 5.41) is 2.89. The molecule has 102 valence electrons. The zero-order chi connectivity index (χ0) is 13.0. The van der Waals surface area contributed by atoms with Crippen molar-refractivity contribution in [2.24, 2.45) is 0 Å². The number of rotatable bonds is 4. The smallest absolute Gasteiger partial charge is 0.256 e. The number of nitrogens with zero attached hydrogens (tertiary/aromatic N) is 1. The van der Waals surface area contributed by atoms with Gasteiger partial charge in [0.2, 0.25) is 0 Å². The molecule has 0 radical (unpaired) electrons. The average molecular weight is 279 g/mol. The van der Waals surface area contributed by atoms with Gasteiger partial charge in [-0.05, 0) is 25.6 Å². The Morgan fingerprint density at radius 1 is 1.33 bits per heavy atom. The lowest BCUT2D eigenvalue weighted by Crippen LogP contribution is -2.33. The second-order valence-electron chi connectivity index (χ2n) is 3.91. The molecule has 18 heavy (non-hydrogen) atoms. The van der Waals surface area contributed by atoms with Crippen molar-refractivity contribution in [2.45, 2.75) is 6.92 Å². The molecule has 1 aromatic carbocycles. The van der Waals surface area contributed by atoms with Crippen LogP contribution in [0.4, 0.5) is 8.78 Å². The van der Waals surface area contributed by atoms with Crippen molar-refractivity contribution >= 4 is 18.3 Å². The summed E-state index contributed by atoms with van der Waals surface area (Å²) in [6.07, 6.45) is 0. The first-order valence-electron chi connectivity index (χ1n) is 5.33. The predicted octanol–water partition coefficient (Wildman–Crippen LogP) is 1.99. The molecular formula is C12H17ClF2N2O. The normalized spacial score (nSPS) is 9.83. The molecule has 1 rings (SSSR count). The lowest BCUT2D eigenvalue weighted by Gasteiger charge is -2.17. The molecule has 0 fully saturated rings. The van der Waals surface area contributed by atoms with Gasteiger partial charge in [-0.15, -0.1) is 12.4 Å². The van der Waals surface area contributed by atoms with Gasteiger partial charge in [0, 0.05) is 26.2 Å². The minimum absolute atomic E-state index is 0. The first-order chi connectivity index (χ1) is 7.97. The molecule has 0 aromatic heterocycles. The summed E-state index contributed by atoms with van der Waals surface area (Å²) in [5.41, 5.74) is 0.166. The van der Waals surface area contributed by atoms with Gasteiger partial charge in [0.15, 0.2) is 0 Å². The Balaban J connectivity index is 0.00000289. The van der Waals surface area contributed by atoms with Crippen LogP contribution in [0.2, 0.25) is 0 Å². The highest BCUT2D eigenvalue weighted by Crippen LogP contribution is 2.15. The van der Waals surface area contributed by atoms with Gasteiger partial charge in [-0.1, -0.05) is 0 Å². The van der Waals surface area contributed by atoms with E-state index in [0.29, 0.717) is 13.1 Å². The van der Waals surface area contributed by atoms with E-state index in [2.05, 4.69) is 5.32 Å². The van der Waals surface area contributed by atoms with Crippen LogP contribution in [0.3, 0.4) is 0 Å². The van der Waals surface area contributed by atoms with Crippen LogP contribution in [0.5, 0.6) is 0 Å². The Morgan fingerprint density at radius 2 is 1.94 bits per heavy atom. The van der Waals surface area contributed by atoms with E-state index in [1.807, 2.05) is 0 Å². The van der Waals surface area contributed by atoms with Gasteiger partial charge in [-0.2, -0.15) is 0 Å². The SMILES string of the molecule is CNCCN(C)C(=O)c1cc(C)c(F)cc1F.Cl. The summed E-state index contributed by atoms with van der Waals surface area (Å²) in [6.45, 7) is 2.58. The Morgan fingerprint density at radius 3 is 2.50 bits per heavy atom. The van der Waals surface area contributed by atoms with Crippen molar-refractivity contribution in [3.63, 3.8) is 0 Å². The quantitative estimate of drug-likeness (QED) is 0.913. The fourth-order valence-corrected chi connectivity index (χ4v) is 1.41. The highest BCUT2D eigenvalue weighted by atomic mass is 35.5. The molecule has 6 heteroatoms. The molecule has 0 heterocycles. The maximum Gasteiger partial charge on any atom is 0.256 e. The second-order valence-corrected chi connectivity index (χ2v) is 3.91. The number of benzene rings is 1. The molecule has 1 N–H and O–H groups in total. The van der Waals surface area contributed by atoms with E-state index in [0.717, 1.165) is 6.07 Å². The van der Waals surface area contributed by atoms with Gasteiger partial charge >= 0.3 is 0 Å². The van der Waals surface area contributed by atoms with Crippen molar-refractivity contribution in [3.05, 3.63) is 34.9 Å². The lowest BCUT2D eigenvalue weighted by molar-refractivity contribution is 0.0792. The van der Waals surface area contributed by atoms with Gasteiger partial charge in [0.25, 0.3) is 5.91 Å². The maximum absolute atomic E-state index is 13.5. The highest BCUT2D eigenvalue weighted by molar-refractivity contribution is 5.94. The molecule has 0 bridgehead atoms. The van der Waals surface area contributed by atoms with Crippen LogP contribution in [-0.2, 0) is 0 Å². The summed E-state index contributed by atoms with van der Waals surface area (Å²) >= 11 is 0. The van der Waals surface area contributed by atoms with E-state index in [1.165, 1.54) is 17.9 Å². The Labute approximate surface area is 112 Å². The van der Waals surface area contributed by atoms with Crippen molar-refractivity contribution in [1.29, 1.82) is 0 Å². The van der Waals surface area contributed by atoms with Gasteiger partial charge in [-0.3, -0.25) is 4.79 Å². The fourth-order valence-electron chi connectivity index (χ4n) is 1.41. The number of aryl methyl sites for hydroxylation is 1. The van der Waals surface area contributed by atoms with Crippen LogP contribution in [-0.4, -0.2) is 38.0 Å². The summed E-state index contributed by atoms with van der Waals surface area (Å²) < 4.78 is 26.5. The van der Waals surface area contributed by atoms with Crippen molar-refractivity contribution in [2.75, 3.05) is 27.2 Å². The Bertz CT molecular complexity index is 427. The molecule has 0 spiro atoms. The molecule has 0 aliphatic carbocycles. The number of carbonyl (C=O) groups is 1. The fraction of sp³-hybridized carbons (Fsp3) is 0.417. The van der Waals surface area contributed by atoms with Crippen molar-refractivity contribution in [3.8, 4) is 0 Å². The van der Waals surface area contributed by atoms with E-state index in [4.69, 9.17) is 0 Å². The first-order valence-corrected chi connectivity index (χ1v) is 5.33. The third-order valence-electron chi connectivity index (χ3n) is 2.52. The molecule has 0 unspecified atom stereocenters. The van der Waals surface area contributed by atoms with Crippen molar-refractivity contribution < 1.29 is 13.6 Å². The van der Waals surface area contributed by atoms with E-state index in [9.17, 15) is 13.6 Å². The molecule has 3 nitrogen and oxygen atoms in total. The minimum atomic E-state index is -0.825. The van der Waals surface area contributed by atoms with Crippen LogP contribution < -0.4 is 5.32 Å². The zero-order valence-corrected chi connectivity index (χ0v) is 11.4. The van der Waals surface area contributed by atoms with Crippen LogP contribution in [0.25, 0.3) is 0 Å². The third-order valence-corrected chi connectivity index (χ3v) is 2.52. The standard InChI is InChI=1S/C12H16F2N2O.ClH/c1-8-6-9(11(14)7-10(8)13)12(17)16(3)5-4-15-2;/h6-7,15H,4-5H2,1-3H3;1H. The number of hydrogen-bond acceptors (Lipinski definition) is 2. The maximum atomic E-state index is 13.5. The van der Waals surface area contributed by atoms with E-state index in [-0.39, 0.29) is 23.5 Å². The number of hydrogen-bond donors (Lipinski definition) is 1. The number of likely N-dealkylation sites (N-methyl/N-ethyl adjacent to an activating group) is 2. The van der Waals surface area contributed by atoms with E-state index >= 15 is 0 Å². The number of amides is 1. The topological polar surface area (TPSA) is 32.3 Å².